The summed E-state index contributed by atoms with van der Waals surface area (Å²) in [6, 6.07) is 8.54. The topological polar surface area (TPSA) is 44.8 Å². The molecule has 0 bridgehead atoms. The quantitative estimate of drug-likeness (QED) is 0.160. The minimum absolute atomic E-state index is 0.0190. The number of halogens is 1. The molecule has 5 atom stereocenters. The van der Waals surface area contributed by atoms with Crippen LogP contribution in [0.3, 0.4) is 0 Å². The van der Waals surface area contributed by atoms with Crippen molar-refractivity contribution in [3.05, 3.63) is 46.5 Å². The Morgan fingerprint density at radius 1 is 1.08 bits per heavy atom. The molecule has 3 rings (SSSR count). The third-order valence-corrected chi connectivity index (χ3v) is 18.7. The predicted octanol–water partition coefficient (Wildman–Crippen LogP) is 8.67. The summed E-state index contributed by atoms with van der Waals surface area (Å²) in [4.78, 5) is 12.2. The minimum atomic E-state index is -1.98. The summed E-state index contributed by atoms with van der Waals surface area (Å²) in [7, 11) is -3.94. The van der Waals surface area contributed by atoms with Crippen molar-refractivity contribution in [3.8, 4) is 0 Å². The number of benzene rings is 1. The molecule has 0 unspecified atom stereocenters. The van der Waals surface area contributed by atoms with Crippen LogP contribution in [0.1, 0.15) is 66.4 Å². The summed E-state index contributed by atoms with van der Waals surface area (Å²) >= 11 is 3.61. The van der Waals surface area contributed by atoms with Gasteiger partial charge in [-0.25, -0.2) is 0 Å². The van der Waals surface area contributed by atoms with E-state index in [0.717, 1.165) is 23.7 Å². The zero-order chi connectivity index (χ0) is 27.8. The number of carbonyl (C=O) groups is 1. The van der Waals surface area contributed by atoms with Gasteiger partial charge >= 0.3 is 5.97 Å². The third kappa shape index (κ3) is 7.68. The average Bonchev–Trinajstić information content (AvgIpc) is 3.23. The van der Waals surface area contributed by atoms with Gasteiger partial charge < -0.3 is 13.6 Å². The molecule has 0 N–H and O–H groups in total. The highest BCUT2D eigenvalue weighted by Gasteiger charge is 2.52. The van der Waals surface area contributed by atoms with Crippen LogP contribution in [-0.2, 0) is 24.8 Å². The van der Waals surface area contributed by atoms with Crippen LogP contribution < -0.4 is 0 Å². The first-order valence-electron chi connectivity index (χ1n) is 13.9. The van der Waals surface area contributed by atoms with Crippen molar-refractivity contribution >= 4 is 38.5 Å². The highest BCUT2D eigenvalue weighted by atomic mass is 79.9. The first-order valence-corrected chi connectivity index (χ1v) is 20.5. The molecule has 0 aromatic heterocycles. The predicted molar refractivity (Wildman–Crippen MR) is 162 cm³/mol. The molecule has 37 heavy (non-hydrogen) atoms. The van der Waals surface area contributed by atoms with E-state index in [1.54, 1.807) is 0 Å². The lowest BCUT2D eigenvalue weighted by Crippen LogP contribution is -2.45. The number of carbonyl (C=O) groups excluding carboxylic acids is 1. The van der Waals surface area contributed by atoms with Gasteiger partial charge in [0.05, 0.1) is 18.6 Å². The zero-order valence-electron chi connectivity index (χ0n) is 24.7. The summed E-state index contributed by atoms with van der Waals surface area (Å²) in [6.45, 7) is 23.0. The molecule has 1 heterocycles. The molecule has 1 saturated carbocycles. The van der Waals surface area contributed by atoms with E-state index in [2.05, 4.69) is 120 Å². The monoisotopic (exact) mass is 608 g/mol. The molecule has 0 spiro atoms. The number of ether oxygens (including phenoxy) is 1. The van der Waals surface area contributed by atoms with Gasteiger partial charge in [0.25, 0.3) is 0 Å². The summed E-state index contributed by atoms with van der Waals surface area (Å²) in [5, 5.41) is 0.264. The number of fused-ring (bicyclic) bond motifs is 1. The standard InChI is InChI=1S/C30H49BrO4Si2/c1-29(2,3)36(7,8)34-23(15-14-21-12-11-13-22(31)18-21)16-17-24-25-19-28(32)33-26(25)20-27(24)35-37(9,10)30(4,5)6/h11-13,16-18,23-27H,14-15,19-20H2,1-10H3/b17-16+/t23-,24+,25+,26-,27+/m0/s1. The van der Waals surface area contributed by atoms with E-state index in [4.69, 9.17) is 13.6 Å². The van der Waals surface area contributed by atoms with Crippen LogP contribution in [0.25, 0.3) is 0 Å². The molecule has 1 aliphatic heterocycles. The fourth-order valence-electron chi connectivity index (χ4n) is 4.85. The Bertz CT molecular complexity index is 977. The van der Waals surface area contributed by atoms with Gasteiger partial charge in [0.15, 0.2) is 16.6 Å². The van der Waals surface area contributed by atoms with E-state index >= 15 is 0 Å². The minimum Gasteiger partial charge on any atom is -0.462 e. The van der Waals surface area contributed by atoms with Crippen LogP contribution in [0.4, 0.5) is 0 Å². The van der Waals surface area contributed by atoms with Crippen molar-refractivity contribution in [3.63, 3.8) is 0 Å². The van der Waals surface area contributed by atoms with Crippen LogP contribution in [0.2, 0.25) is 36.3 Å². The lowest BCUT2D eigenvalue weighted by atomic mass is 9.91. The highest BCUT2D eigenvalue weighted by Crippen LogP contribution is 2.47. The Morgan fingerprint density at radius 2 is 1.73 bits per heavy atom. The molecule has 7 heteroatoms. The molecule has 1 aromatic carbocycles. The van der Waals surface area contributed by atoms with E-state index in [1.165, 1.54) is 5.56 Å². The fraction of sp³-hybridized carbons (Fsp3) is 0.700. The molecule has 2 fully saturated rings. The Hall–Kier alpha value is -0.736. The lowest BCUT2D eigenvalue weighted by Gasteiger charge is -2.40. The molecule has 2 aliphatic rings. The normalized spacial score (nSPS) is 26.0. The van der Waals surface area contributed by atoms with E-state index in [0.29, 0.717) is 6.42 Å². The van der Waals surface area contributed by atoms with Gasteiger partial charge in [-0.05, 0) is 66.8 Å². The number of esters is 1. The van der Waals surface area contributed by atoms with Gasteiger partial charge in [0.2, 0.25) is 0 Å². The van der Waals surface area contributed by atoms with Crippen molar-refractivity contribution in [1.29, 1.82) is 0 Å². The van der Waals surface area contributed by atoms with Gasteiger partial charge in [0, 0.05) is 22.7 Å². The molecule has 1 aromatic rings. The van der Waals surface area contributed by atoms with Crippen LogP contribution in [0.15, 0.2) is 40.9 Å². The summed E-state index contributed by atoms with van der Waals surface area (Å²) in [5.41, 5.74) is 1.31. The van der Waals surface area contributed by atoms with E-state index in [9.17, 15) is 4.79 Å². The maximum atomic E-state index is 12.2. The zero-order valence-corrected chi connectivity index (χ0v) is 28.3. The second-order valence-electron chi connectivity index (χ2n) is 14.1. The highest BCUT2D eigenvalue weighted by molar-refractivity contribution is 9.10. The second-order valence-corrected chi connectivity index (χ2v) is 24.5. The van der Waals surface area contributed by atoms with Crippen LogP contribution in [0.5, 0.6) is 0 Å². The van der Waals surface area contributed by atoms with Crippen LogP contribution in [-0.4, -0.2) is 40.9 Å². The summed E-state index contributed by atoms with van der Waals surface area (Å²) in [6.07, 6.45) is 7.84. The SMILES string of the molecule is CC(C)(C)[Si](C)(C)O[C@H](/C=C/[C@@H]1[C@H]2CC(=O)O[C@H]2C[C@H]1O[Si](C)(C)C(C)(C)C)CCc1cccc(Br)c1. The number of hydrogen-bond donors (Lipinski definition) is 0. The largest absolute Gasteiger partial charge is 0.462 e. The number of aryl methyl sites for hydroxylation is 1. The first kappa shape index (κ1) is 30.8. The molecule has 208 valence electrons. The average molecular weight is 610 g/mol. The van der Waals surface area contributed by atoms with Crippen molar-refractivity contribution in [2.24, 2.45) is 11.8 Å². The molecule has 1 saturated heterocycles. The first-order chi connectivity index (χ1) is 16.9. The summed E-state index contributed by atoms with van der Waals surface area (Å²) < 4.78 is 20.7. The van der Waals surface area contributed by atoms with Crippen LogP contribution >= 0.6 is 15.9 Å². The maximum absolute atomic E-state index is 12.2. The molecule has 4 nitrogen and oxygen atoms in total. The molecular formula is C30H49BrO4Si2. The Labute approximate surface area is 236 Å². The van der Waals surface area contributed by atoms with E-state index in [1.807, 2.05) is 0 Å². The smallest absolute Gasteiger partial charge is 0.306 e. The molecule has 0 radical (unpaired) electrons. The maximum Gasteiger partial charge on any atom is 0.306 e. The van der Waals surface area contributed by atoms with E-state index < -0.39 is 16.6 Å². The molecular weight excluding hydrogens is 560 g/mol. The Kier molecular flexibility index (Phi) is 9.49. The Balaban J connectivity index is 1.85. The third-order valence-electron chi connectivity index (χ3n) is 9.21. The molecule has 0 amide bonds. The van der Waals surface area contributed by atoms with Gasteiger partial charge in [-0.1, -0.05) is 81.8 Å². The van der Waals surface area contributed by atoms with Gasteiger partial charge in [-0.3, -0.25) is 4.79 Å². The summed E-state index contributed by atoms with van der Waals surface area (Å²) in [5.74, 6) is 0.294. The van der Waals surface area contributed by atoms with Crippen molar-refractivity contribution in [1.82, 2.24) is 0 Å². The van der Waals surface area contributed by atoms with E-state index in [-0.39, 0.29) is 46.2 Å². The number of rotatable bonds is 9. The second kappa shape index (κ2) is 11.4. The van der Waals surface area contributed by atoms with Crippen molar-refractivity contribution < 1.29 is 18.4 Å². The van der Waals surface area contributed by atoms with Crippen molar-refractivity contribution in [2.75, 3.05) is 0 Å². The van der Waals surface area contributed by atoms with Gasteiger partial charge in [-0.15, -0.1) is 0 Å². The fourth-order valence-corrected chi connectivity index (χ4v) is 7.97. The van der Waals surface area contributed by atoms with Gasteiger partial charge in [0.1, 0.15) is 6.10 Å². The lowest BCUT2D eigenvalue weighted by molar-refractivity contribution is -0.141. The van der Waals surface area contributed by atoms with Crippen LogP contribution in [0, 0.1) is 11.8 Å². The number of hydrogen-bond acceptors (Lipinski definition) is 4. The van der Waals surface area contributed by atoms with Gasteiger partial charge in [-0.2, -0.15) is 0 Å². The Morgan fingerprint density at radius 3 is 2.32 bits per heavy atom. The van der Waals surface area contributed by atoms with Crippen molar-refractivity contribution in [2.45, 2.75) is 122 Å². The molecule has 1 aliphatic carbocycles.